The van der Waals surface area contributed by atoms with Crippen LogP contribution in [0.5, 0.6) is 0 Å². The van der Waals surface area contributed by atoms with Crippen LogP contribution in [0.25, 0.3) is 0 Å². The molecule has 2 N–H and O–H groups in total. The molecule has 0 atom stereocenters. The Kier molecular flexibility index (Phi) is 5.29. The van der Waals surface area contributed by atoms with Gasteiger partial charge in [-0.05, 0) is 36.9 Å². The average Bonchev–Trinajstić information content (AvgIpc) is 2.93. The van der Waals surface area contributed by atoms with Gasteiger partial charge in [0.05, 0.1) is 0 Å². The standard InChI is InChI=1S/C16H21FN2S/c1-12(2)19(11-15-4-3-7-20-15)10-13-5-6-16(17)14(8-13)9-18/h3-8,12H,9-11,18H2,1-2H3. The molecule has 0 aliphatic heterocycles. The number of rotatable bonds is 6. The molecular weight excluding hydrogens is 271 g/mol. The second kappa shape index (κ2) is 6.97. The van der Waals surface area contributed by atoms with Crippen molar-refractivity contribution in [1.82, 2.24) is 4.90 Å². The van der Waals surface area contributed by atoms with Gasteiger partial charge >= 0.3 is 0 Å². The van der Waals surface area contributed by atoms with Gasteiger partial charge in [0.2, 0.25) is 0 Å². The van der Waals surface area contributed by atoms with E-state index in [-0.39, 0.29) is 12.4 Å². The first kappa shape index (κ1) is 15.2. The minimum atomic E-state index is -0.217. The van der Waals surface area contributed by atoms with Gasteiger partial charge in [0.1, 0.15) is 5.82 Å². The summed E-state index contributed by atoms with van der Waals surface area (Å²) in [4.78, 5) is 3.72. The Balaban J connectivity index is 2.11. The predicted molar refractivity (Wildman–Crippen MR) is 83.0 cm³/mol. The molecule has 108 valence electrons. The van der Waals surface area contributed by atoms with Gasteiger partial charge in [0, 0.05) is 36.1 Å². The lowest BCUT2D eigenvalue weighted by molar-refractivity contribution is 0.205. The van der Waals surface area contributed by atoms with Crippen LogP contribution < -0.4 is 5.73 Å². The van der Waals surface area contributed by atoms with E-state index in [1.54, 1.807) is 11.3 Å². The van der Waals surface area contributed by atoms with Gasteiger partial charge in [0.25, 0.3) is 0 Å². The van der Waals surface area contributed by atoms with Crippen LogP contribution in [0.4, 0.5) is 4.39 Å². The minimum Gasteiger partial charge on any atom is -0.326 e. The van der Waals surface area contributed by atoms with Gasteiger partial charge in [0.15, 0.2) is 0 Å². The third-order valence-corrected chi connectivity index (χ3v) is 4.25. The molecule has 0 amide bonds. The van der Waals surface area contributed by atoms with E-state index in [1.165, 1.54) is 10.9 Å². The van der Waals surface area contributed by atoms with E-state index >= 15 is 0 Å². The molecule has 0 aliphatic rings. The fourth-order valence-corrected chi connectivity index (χ4v) is 2.87. The van der Waals surface area contributed by atoms with Gasteiger partial charge in [-0.15, -0.1) is 11.3 Å². The van der Waals surface area contributed by atoms with Gasteiger partial charge in [-0.2, -0.15) is 0 Å². The van der Waals surface area contributed by atoms with E-state index in [4.69, 9.17) is 5.73 Å². The van der Waals surface area contributed by atoms with E-state index in [9.17, 15) is 4.39 Å². The largest absolute Gasteiger partial charge is 0.326 e. The fraction of sp³-hybridized carbons (Fsp3) is 0.375. The summed E-state index contributed by atoms with van der Waals surface area (Å²) in [6, 6.07) is 9.89. The van der Waals surface area contributed by atoms with Crippen molar-refractivity contribution in [2.45, 2.75) is 39.5 Å². The first-order valence-corrected chi connectivity index (χ1v) is 7.72. The van der Waals surface area contributed by atoms with Crippen LogP contribution in [-0.2, 0) is 19.6 Å². The third kappa shape index (κ3) is 3.88. The van der Waals surface area contributed by atoms with Crippen LogP contribution in [0.3, 0.4) is 0 Å². The Hall–Kier alpha value is -1.23. The molecule has 2 aromatic rings. The van der Waals surface area contributed by atoms with E-state index in [0.717, 1.165) is 18.7 Å². The number of halogens is 1. The Morgan fingerprint density at radius 3 is 2.65 bits per heavy atom. The molecule has 0 bridgehead atoms. The lowest BCUT2D eigenvalue weighted by Gasteiger charge is -2.26. The second-order valence-electron chi connectivity index (χ2n) is 5.21. The molecule has 1 aromatic heterocycles. The highest BCUT2D eigenvalue weighted by Crippen LogP contribution is 2.18. The summed E-state index contributed by atoms with van der Waals surface area (Å²) >= 11 is 1.77. The van der Waals surface area contributed by atoms with E-state index < -0.39 is 0 Å². The lowest BCUT2D eigenvalue weighted by atomic mass is 10.1. The van der Waals surface area contributed by atoms with Crippen molar-refractivity contribution in [1.29, 1.82) is 0 Å². The molecule has 0 radical (unpaired) electrons. The molecule has 1 heterocycles. The molecule has 0 unspecified atom stereocenters. The Morgan fingerprint density at radius 2 is 2.05 bits per heavy atom. The van der Waals surface area contributed by atoms with Crippen molar-refractivity contribution in [3.63, 3.8) is 0 Å². The number of benzene rings is 1. The molecule has 4 heteroatoms. The van der Waals surface area contributed by atoms with E-state index in [1.807, 2.05) is 12.1 Å². The summed E-state index contributed by atoms with van der Waals surface area (Å²) in [6.45, 7) is 6.34. The summed E-state index contributed by atoms with van der Waals surface area (Å²) in [6.07, 6.45) is 0. The van der Waals surface area contributed by atoms with Gasteiger partial charge < -0.3 is 5.73 Å². The van der Waals surface area contributed by atoms with Gasteiger partial charge in [-0.3, -0.25) is 4.90 Å². The fourth-order valence-electron chi connectivity index (χ4n) is 2.14. The van der Waals surface area contributed by atoms with Crippen molar-refractivity contribution < 1.29 is 4.39 Å². The highest BCUT2D eigenvalue weighted by atomic mass is 32.1. The number of hydrogen-bond donors (Lipinski definition) is 1. The summed E-state index contributed by atoms with van der Waals surface area (Å²) in [7, 11) is 0. The predicted octanol–water partition coefficient (Wildman–Crippen LogP) is 3.76. The van der Waals surface area contributed by atoms with Crippen molar-refractivity contribution in [3.8, 4) is 0 Å². The number of hydrogen-bond acceptors (Lipinski definition) is 3. The normalized spacial score (nSPS) is 11.5. The summed E-state index contributed by atoms with van der Waals surface area (Å²) in [5, 5.41) is 2.10. The van der Waals surface area contributed by atoms with Crippen molar-refractivity contribution in [2.75, 3.05) is 0 Å². The lowest BCUT2D eigenvalue weighted by Crippen LogP contribution is -2.29. The summed E-state index contributed by atoms with van der Waals surface area (Å²) in [5.41, 5.74) is 7.26. The zero-order chi connectivity index (χ0) is 14.5. The highest BCUT2D eigenvalue weighted by molar-refractivity contribution is 7.09. The SMILES string of the molecule is CC(C)N(Cc1ccc(F)c(CN)c1)Cc1cccs1. The first-order valence-electron chi connectivity index (χ1n) is 6.84. The molecule has 20 heavy (non-hydrogen) atoms. The molecule has 2 nitrogen and oxygen atoms in total. The van der Waals surface area contributed by atoms with Gasteiger partial charge in [-0.1, -0.05) is 18.2 Å². The Bertz CT molecular complexity index is 537. The van der Waals surface area contributed by atoms with E-state index in [0.29, 0.717) is 11.6 Å². The maximum absolute atomic E-state index is 13.5. The van der Waals surface area contributed by atoms with Crippen molar-refractivity contribution in [2.24, 2.45) is 5.73 Å². The summed E-state index contributed by atoms with van der Waals surface area (Å²) in [5.74, 6) is -0.217. The van der Waals surface area contributed by atoms with Crippen molar-refractivity contribution >= 4 is 11.3 Å². The molecular formula is C16H21FN2S. The Labute approximate surface area is 124 Å². The molecule has 0 aliphatic carbocycles. The van der Waals surface area contributed by atoms with Crippen LogP contribution in [0, 0.1) is 5.82 Å². The molecule has 0 saturated heterocycles. The average molecular weight is 292 g/mol. The quantitative estimate of drug-likeness (QED) is 0.878. The monoisotopic (exact) mass is 292 g/mol. The first-order chi connectivity index (χ1) is 9.60. The molecule has 0 fully saturated rings. The molecule has 0 spiro atoms. The van der Waals surface area contributed by atoms with Crippen molar-refractivity contribution in [3.05, 3.63) is 57.5 Å². The van der Waals surface area contributed by atoms with Crippen LogP contribution in [0.2, 0.25) is 0 Å². The summed E-state index contributed by atoms with van der Waals surface area (Å²) < 4.78 is 13.5. The number of thiophene rings is 1. The molecule has 2 rings (SSSR count). The maximum atomic E-state index is 13.5. The highest BCUT2D eigenvalue weighted by Gasteiger charge is 2.12. The second-order valence-corrected chi connectivity index (χ2v) is 6.24. The Morgan fingerprint density at radius 1 is 1.25 bits per heavy atom. The topological polar surface area (TPSA) is 29.3 Å². The van der Waals surface area contributed by atoms with Crippen LogP contribution in [0.1, 0.15) is 29.9 Å². The third-order valence-electron chi connectivity index (χ3n) is 3.39. The van der Waals surface area contributed by atoms with Crippen LogP contribution >= 0.6 is 11.3 Å². The minimum absolute atomic E-state index is 0.217. The van der Waals surface area contributed by atoms with E-state index in [2.05, 4.69) is 36.3 Å². The maximum Gasteiger partial charge on any atom is 0.127 e. The van der Waals surface area contributed by atoms with Crippen LogP contribution in [-0.4, -0.2) is 10.9 Å². The smallest absolute Gasteiger partial charge is 0.127 e. The number of nitrogens with two attached hydrogens (primary N) is 1. The zero-order valence-electron chi connectivity index (χ0n) is 12.0. The van der Waals surface area contributed by atoms with Gasteiger partial charge in [-0.25, -0.2) is 4.39 Å². The number of nitrogens with zero attached hydrogens (tertiary/aromatic N) is 1. The zero-order valence-corrected chi connectivity index (χ0v) is 12.8. The molecule has 1 aromatic carbocycles. The molecule has 0 saturated carbocycles. The van der Waals surface area contributed by atoms with Crippen LogP contribution in [0.15, 0.2) is 35.7 Å².